The summed E-state index contributed by atoms with van der Waals surface area (Å²) in [6.45, 7) is 14.4. The summed E-state index contributed by atoms with van der Waals surface area (Å²) in [7, 11) is 2.29. The van der Waals surface area contributed by atoms with E-state index in [1.807, 2.05) is 0 Å². The molecular formula is C16H27N. The van der Waals surface area contributed by atoms with Gasteiger partial charge in [0.05, 0.1) is 0 Å². The van der Waals surface area contributed by atoms with Crippen LogP contribution in [0.2, 0.25) is 0 Å². The molecule has 3 aliphatic rings. The first kappa shape index (κ1) is 11.8. The van der Waals surface area contributed by atoms with Crippen LogP contribution in [-0.4, -0.2) is 25.0 Å². The minimum absolute atomic E-state index is 0.464. The summed E-state index contributed by atoms with van der Waals surface area (Å²) in [5.74, 6) is 4.42. The zero-order valence-electron chi connectivity index (χ0n) is 11.9. The Hall–Kier alpha value is -0.300. The summed E-state index contributed by atoms with van der Waals surface area (Å²) in [5, 5.41) is 0. The SMILES string of the molecule is C=C1C2CN(C)CC3C2C(C(C)C)CCC13C. The number of rotatable bonds is 1. The first-order valence-corrected chi connectivity index (χ1v) is 7.33. The largest absolute Gasteiger partial charge is 0.305 e. The van der Waals surface area contributed by atoms with Gasteiger partial charge in [-0.2, -0.15) is 0 Å². The van der Waals surface area contributed by atoms with Crippen LogP contribution in [0.15, 0.2) is 12.2 Å². The van der Waals surface area contributed by atoms with Crippen LogP contribution in [0.5, 0.6) is 0 Å². The van der Waals surface area contributed by atoms with Gasteiger partial charge in [0.2, 0.25) is 0 Å². The zero-order valence-corrected chi connectivity index (χ0v) is 11.9. The van der Waals surface area contributed by atoms with Gasteiger partial charge in [0.1, 0.15) is 0 Å². The number of likely N-dealkylation sites (tertiary alicyclic amines) is 1. The van der Waals surface area contributed by atoms with Crippen molar-refractivity contribution in [3.8, 4) is 0 Å². The fourth-order valence-corrected chi connectivity index (χ4v) is 5.28. The summed E-state index contributed by atoms with van der Waals surface area (Å²) in [6.07, 6.45) is 2.83. The minimum Gasteiger partial charge on any atom is -0.305 e. The molecule has 0 N–H and O–H groups in total. The second-order valence-corrected chi connectivity index (χ2v) is 7.40. The highest BCUT2D eigenvalue weighted by molar-refractivity contribution is 5.28. The summed E-state index contributed by atoms with van der Waals surface area (Å²) >= 11 is 0. The maximum atomic E-state index is 4.51. The number of hydrogen-bond donors (Lipinski definition) is 0. The van der Waals surface area contributed by atoms with Crippen LogP contribution in [0.3, 0.4) is 0 Å². The Kier molecular flexibility index (Phi) is 2.49. The average Bonchev–Trinajstić information content (AvgIpc) is 2.38. The Balaban J connectivity index is 2.01. The predicted octanol–water partition coefficient (Wildman–Crippen LogP) is 3.42. The maximum Gasteiger partial charge on any atom is 0.00471 e. The summed E-state index contributed by atoms with van der Waals surface area (Å²) in [5.41, 5.74) is 2.06. The molecule has 17 heavy (non-hydrogen) atoms. The molecule has 96 valence electrons. The highest BCUT2D eigenvalue weighted by Gasteiger charge is 2.60. The van der Waals surface area contributed by atoms with Gasteiger partial charge in [-0.1, -0.05) is 32.9 Å². The first-order valence-electron chi connectivity index (χ1n) is 7.33. The van der Waals surface area contributed by atoms with E-state index < -0.39 is 0 Å². The molecule has 1 heterocycles. The molecule has 0 aromatic heterocycles. The summed E-state index contributed by atoms with van der Waals surface area (Å²) in [4.78, 5) is 2.55. The van der Waals surface area contributed by atoms with Crippen LogP contribution in [0.25, 0.3) is 0 Å². The van der Waals surface area contributed by atoms with E-state index in [1.54, 1.807) is 5.57 Å². The summed E-state index contributed by atoms with van der Waals surface area (Å²) < 4.78 is 0. The molecule has 0 radical (unpaired) electrons. The molecule has 2 aliphatic carbocycles. The molecule has 3 fully saturated rings. The zero-order chi connectivity index (χ0) is 12.4. The lowest BCUT2D eigenvalue weighted by molar-refractivity contribution is 0.000694. The average molecular weight is 233 g/mol. The van der Waals surface area contributed by atoms with Gasteiger partial charge < -0.3 is 4.90 Å². The van der Waals surface area contributed by atoms with Crippen LogP contribution in [0, 0.1) is 35.0 Å². The van der Waals surface area contributed by atoms with Crippen molar-refractivity contribution >= 4 is 0 Å². The molecule has 1 aliphatic heterocycles. The van der Waals surface area contributed by atoms with Crippen molar-refractivity contribution in [2.75, 3.05) is 20.1 Å². The van der Waals surface area contributed by atoms with Crippen molar-refractivity contribution in [2.45, 2.75) is 33.6 Å². The monoisotopic (exact) mass is 233 g/mol. The molecule has 0 amide bonds. The van der Waals surface area contributed by atoms with Crippen molar-refractivity contribution in [1.29, 1.82) is 0 Å². The first-order chi connectivity index (χ1) is 7.95. The van der Waals surface area contributed by atoms with E-state index in [0.29, 0.717) is 5.41 Å². The van der Waals surface area contributed by atoms with Crippen LogP contribution in [0.4, 0.5) is 0 Å². The highest BCUT2D eigenvalue weighted by atomic mass is 15.1. The molecule has 5 atom stereocenters. The molecular weight excluding hydrogens is 206 g/mol. The molecule has 2 saturated carbocycles. The second kappa shape index (κ2) is 3.60. The van der Waals surface area contributed by atoms with E-state index in [4.69, 9.17) is 0 Å². The third kappa shape index (κ3) is 1.41. The topological polar surface area (TPSA) is 3.24 Å². The Morgan fingerprint density at radius 2 is 2.06 bits per heavy atom. The maximum absolute atomic E-state index is 4.51. The van der Waals surface area contributed by atoms with Gasteiger partial charge >= 0.3 is 0 Å². The molecule has 1 nitrogen and oxygen atoms in total. The smallest absolute Gasteiger partial charge is 0.00471 e. The van der Waals surface area contributed by atoms with Crippen LogP contribution < -0.4 is 0 Å². The van der Waals surface area contributed by atoms with Crippen molar-refractivity contribution < 1.29 is 0 Å². The minimum atomic E-state index is 0.464. The second-order valence-electron chi connectivity index (χ2n) is 7.40. The molecule has 0 spiro atoms. The van der Waals surface area contributed by atoms with Gasteiger partial charge in [-0.3, -0.25) is 0 Å². The Bertz CT molecular complexity index is 345. The fourth-order valence-electron chi connectivity index (χ4n) is 5.28. The van der Waals surface area contributed by atoms with Gasteiger partial charge in [0.25, 0.3) is 0 Å². The van der Waals surface area contributed by atoms with E-state index in [1.165, 1.54) is 25.9 Å². The van der Waals surface area contributed by atoms with E-state index >= 15 is 0 Å². The number of hydrogen-bond acceptors (Lipinski definition) is 1. The predicted molar refractivity (Wildman–Crippen MR) is 72.8 cm³/mol. The molecule has 0 aromatic carbocycles. The van der Waals surface area contributed by atoms with Gasteiger partial charge in [0, 0.05) is 13.1 Å². The van der Waals surface area contributed by atoms with E-state index in [2.05, 4.69) is 39.3 Å². The molecule has 5 unspecified atom stereocenters. The van der Waals surface area contributed by atoms with Gasteiger partial charge in [0.15, 0.2) is 0 Å². The lowest BCUT2D eigenvalue weighted by Gasteiger charge is -2.48. The standard InChI is InChI=1S/C16H27N/c1-10(2)12-6-7-16(4)11(3)13-8-17(5)9-14(16)15(12)13/h10,12-15H,3,6-9H2,1-2,4-5H3. The molecule has 0 aromatic rings. The third-order valence-corrected chi connectivity index (χ3v) is 6.29. The van der Waals surface area contributed by atoms with Crippen molar-refractivity contribution in [3.05, 3.63) is 12.2 Å². The molecule has 1 saturated heterocycles. The van der Waals surface area contributed by atoms with Gasteiger partial charge in [-0.05, 0) is 54.9 Å². The number of nitrogens with zero attached hydrogens (tertiary/aromatic N) is 1. The van der Waals surface area contributed by atoms with Gasteiger partial charge in [-0.15, -0.1) is 0 Å². The van der Waals surface area contributed by atoms with E-state index in [-0.39, 0.29) is 0 Å². The van der Waals surface area contributed by atoms with Gasteiger partial charge in [-0.25, -0.2) is 0 Å². The molecule has 1 heteroatoms. The van der Waals surface area contributed by atoms with E-state index in [0.717, 1.165) is 29.6 Å². The Morgan fingerprint density at radius 1 is 1.35 bits per heavy atom. The summed E-state index contributed by atoms with van der Waals surface area (Å²) in [6, 6.07) is 0. The van der Waals surface area contributed by atoms with Crippen molar-refractivity contribution in [2.24, 2.45) is 35.0 Å². The quantitative estimate of drug-likeness (QED) is 0.627. The lowest BCUT2D eigenvalue weighted by atomic mass is 9.60. The third-order valence-electron chi connectivity index (χ3n) is 6.29. The normalized spacial score (nSPS) is 50.1. The molecule has 3 rings (SSSR count). The van der Waals surface area contributed by atoms with E-state index in [9.17, 15) is 0 Å². The Labute approximate surface area is 106 Å². The molecule has 4 bridgehead atoms. The van der Waals surface area contributed by atoms with Crippen LogP contribution in [-0.2, 0) is 0 Å². The van der Waals surface area contributed by atoms with Crippen LogP contribution >= 0.6 is 0 Å². The van der Waals surface area contributed by atoms with Crippen molar-refractivity contribution in [1.82, 2.24) is 4.90 Å². The Morgan fingerprint density at radius 3 is 2.71 bits per heavy atom. The van der Waals surface area contributed by atoms with Crippen molar-refractivity contribution in [3.63, 3.8) is 0 Å². The van der Waals surface area contributed by atoms with Crippen LogP contribution in [0.1, 0.15) is 33.6 Å². The fraction of sp³-hybridized carbons (Fsp3) is 0.875. The number of piperidine rings is 1. The highest BCUT2D eigenvalue weighted by Crippen LogP contribution is 2.65. The lowest BCUT2D eigenvalue weighted by Crippen LogP contribution is -2.48.